The highest BCUT2D eigenvalue weighted by atomic mass is 19.1. The van der Waals surface area contributed by atoms with Gasteiger partial charge in [-0.25, -0.2) is 4.39 Å². The second kappa shape index (κ2) is 10.1. The van der Waals surface area contributed by atoms with Crippen molar-refractivity contribution in [2.45, 2.75) is 31.7 Å². The first kappa shape index (κ1) is 24.5. The van der Waals surface area contributed by atoms with Gasteiger partial charge >= 0.3 is 0 Å². The number of piperidine rings is 1. The molecular formula is C30H30FN3O4. The van der Waals surface area contributed by atoms with Gasteiger partial charge < -0.3 is 29.8 Å². The fourth-order valence-electron chi connectivity index (χ4n) is 5.24. The summed E-state index contributed by atoms with van der Waals surface area (Å²) in [5.74, 6) is 0.0312. The number of amides is 1. The molecule has 0 atom stereocenters. The standard InChI is InChI=1S/C30H30FN3O4/c1-36-23-4-6-27-24(16-23)21(17-34-27)8-11-33-29(35)25-15-20(2-5-26(25)31)19-3-7-28-22(14-19)18-37-30(38-28)9-12-32-13-10-30/h2-7,14-17,32,34H,8-13,18H2,1H3,(H,33,35). The smallest absolute Gasteiger partial charge is 0.254 e. The van der Waals surface area contributed by atoms with Gasteiger partial charge in [-0.15, -0.1) is 0 Å². The largest absolute Gasteiger partial charge is 0.497 e. The molecule has 2 aliphatic rings. The van der Waals surface area contributed by atoms with Crippen LogP contribution in [0.25, 0.3) is 22.0 Å². The molecule has 4 aromatic rings. The molecule has 0 saturated carbocycles. The molecule has 0 radical (unpaired) electrons. The lowest BCUT2D eigenvalue weighted by Crippen LogP contribution is -2.49. The lowest BCUT2D eigenvalue weighted by molar-refractivity contribution is -0.218. The van der Waals surface area contributed by atoms with Crippen LogP contribution in [-0.2, 0) is 17.8 Å². The van der Waals surface area contributed by atoms with E-state index in [1.54, 1.807) is 19.2 Å². The molecule has 1 saturated heterocycles. The lowest BCUT2D eigenvalue weighted by Gasteiger charge is -2.41. The van der Waals surface area contributed by atoms with Gasteiger partial charge in [-0.3, -0.25) is 4.79 Å². The minimum absolute atomic E-state index is 0.0157. The van der Waals surface area contributed by atoms with E-state index in [0.717, 1.165) is 70.6 Å². The summed E-state index contributed by atoms with van der Waals surface area (Å²) in [5.41, 5.74) is 4.64. The molecule has 8 heteroatoms. The van der Waals surface area contributed by atoms with Gasteiger partial charge in [0, 0.05) is 55.1 Å². The second-order valence-corrected chi connectivity index (χ2v) is 9.80. The van der Waals surface area contributed by atoms with Crippen LogP contribution in [0.5, 0.6) is 11.5 Å². The van der Waals surface area contributed by atoms with Crippen molar-refractivity contribution >= 4 is 16.8 Å². The van der Waals surface area contributed by atoms with Crippen molar-refractivity contribution in [3.8, 4) is 22.6 Å². The van der Waals surface area contributed by atoms with E-state index in [9.17, 15) is 9.18 Å². The number of hydrogen-bond acceptors (Lipinski definition) is 5. The summed E-state index contributed by atoms with van der Waals surface area (Å²) in [4.78, 5) is 16.2. The van der Waals surface area contributed by atoms with Gasteiger partial charge in [0.1, 0.15) is 17.3 Å². The number of carbonyl (C=O) groups excluding carboxylic acids is 1. The molecule has 196 valence electrons. The normalized spacial score (nSPS) is 16.2. The minimum atomic E-state index is -0.556. The van der Waals surface area contributed by atoms with Gasteiger partial charge in [0.2, 0.25) is 5.79 Å². The molecule has 0 unspecified atom stereocenters. The highest BCUT2D eigenvalue weighted by Gasteiger charge is 2.38. The predicted molar refractivity (Wildman–Crippen MR) is 143 cm³/mol. The van der Waals surface area contributed by atoms with Crippen molar-refractivity contribution in [1.29, 1.82) is 0 Å². The predicted octanol–water partition coefficient (Wildman–Crippen LogP) is 4.94. The Labute approximate surface area is 220 Å². The quantitative estimate of drug-likeness (QED) is 0.339. The topological polar surface area (TPSA) is 84.6 Å². The molecule has 1 amide bonds. The zero-order valence-corrected chi connectivity index (χ0v) is 21.2. The van der Waals surface area contributed by atoms with E-state index >= 15 is 0 Å². The number of aromatic nitrogens is 1. The molecule has 6 rings (SSSR count). The van der Waals surface area contributed by atoms with E-state index in [-0.39, 0.29) is 5.56 Å². The first-order valence-corrected chi connectivity index (χ1v) is 12.9. The number of methoxy groups -OCH3 is 1. The van der Waals surface area contributed by atoms with Crippen LogP contribution >= 0.6 is 0 Å². The summed E-state index contributed by atoms with van der Waals surface area (Å²) in [5, 5.41) is 7.24. The van der Waals surface area contributed by atoms with Gasteiger partial charge in [-0.2, -0.15) is 0 Å². The zero-order valence-electron chi connectivity index (χ0n) is 21.2. The van der Waals surface area contributed by atoms with Crippen molar-refractivity contribution < 1.29 is 23.4 Å². The Bertz CT molecular complexity index is 1490. The molecule has 3 heterocycles. The first-order chi connectivity index (χ1) is 18.5. The number of fused-ring (bicyclic) bond motifs is 2. The Morgan fingerprint density at radius 2 is 1.89 bits per heavy atom. The summed E-state index contributed by atoms with van der Waals surface area (Å²) in [6.45, 7) is 2.56. The number of hydrogen-bond donors (Lipinski definition) is 3. The average molecular weight is 516 g/mol. The molecule has 38 heavy (non-hydrogen) atoms. The molecule has 3 N–H and O–H groups in total. The molecule has 1 spiro atoms. The Morgan fingerprint density at radius 3 is 2.74 bits per heavy atom. The molecule has 7 nitrogen and oxygen atoms in total. The van der Waals surface area contributed by atoms with Gasteiger partial charge in [0.05, 0.1) is 19.3 Å². The van der Waals surface area contributed by atoms with Crippen LogP contribution in [0, 0.1) is 5.82 Å². The summed E-state index contributed by atoms with van der Waals surface area (Å²) in [6, 6.07) is 16.3. The van der Waals surface area contributed by atoms with Crippen molar-refractivity contribution in [3.63, 3.8) is 0 Å². The number of aromatic amines is 1. The SMILES string of the molecule is COc1ccc2[nH]cc(CCNC(=O)c3cc(-c4ccc5c(c4)COC4(CCNCC4)O5)ccc3F)c2c1. The molecule has 0 aliphatic carbocycles. The van der Waals surface area contributed by atoms with Gasteiger partial charge in [-0.05, 0) is 65.6 Å². The number of H-pyrrole nitrogens is 1. The molecule has 1 aromatic heterocycles. The van der Waals surface area contributed by atoms with E-state index in [0.29, 0.717) is 19.6 Å². The third kappa shape index (κ3) is 4.73. The third-order valence-corrected chi connectivity index (χ3v) is 7.41. The van der Waals surface area contributed by atoms with Gasteiger partial charge in [-0.1, -0.05) is 12.1 Å². The van der Waals surface area contributed by atoms with E-state index in [1.807, 2.05) is 42.6 Å². The maximum Gasteiger partial charge on any atom is 0.254 e. The minimum Gasteiger partial charge on any atom is -0.497 e. The van der Waals surface area contributed by atoms with Gasteiger partial charge in [0.15, 0.2) is 0 Å². The van der Waals surface area contributed by atoms with Crippen molar-refractivity contribution in [2.24, 2.45) is 0 Å². The number of benzene rings is 3. The van der Waals surface area contributed by atoms with Gasteiger partial charge in [0.25, 0.3) is 5.91 Å². The lowest BCUT2D eigenvalue weighted by atomic mass is 9.98. The number of ether oxygens (including phenoxy) is 3. The van der Waals surface area contributed by atoms with Crippen molar-refractivity contribution in [2.75, 3.05) is 26.7 Å². The maximum atomic E-state index is 14.7. The molecular weight excluding hydrogens is 485 g/mol. The Balaban J connectivity index is 1.15. The van der Waals surface area contributed by atoms with Crippen molar-refractivity contribution in [1.82, 2.24) is 15.6 Å². The summed E-state index contributed by atoms with van der Waals surface area (Å²) < 4.78 is 32.4. The van der Waals surface area contributed by atoms with Crippen LogP contribution in [0.3, 0.4) is 0 Å². The van der Waals surface area contributed by atoms with Crippen LogP contribution < -0.4 is 20.1 Å². The third-order valence-electron chi connectivity index (χ3n) is 7.41. The highest BCUT2D eigenvalue weighted by molar-refractivity contribution is 5.96. The Morgan fingerprint density at radius 1 is 1.08 bits per heavy atom. The zero-order chi connectivity index (χ0) is 26.1. The van der Waals surface area contributed by atoms with E-state index in [4.69, 9.17) is 14.2 Å². The van der Waals surface area contributed by atoms with Crippen LogP contribution in [0.15, 0.2) is 60.8 Å². The monoisotopic (exact) mass is 515 g/mol. The fraction of sp³-hybridized carbons (Fsp3) is 0.300. The maximum absolute atomic E-state index is 14.7. The van der Waals surface area contributed by atoms with E-state index in [1.165, 1.54) is 6.07 Å². The summed E-state index contributed by atoms with van der Waals surface area (Å²) in [7, 11) is 1.63. The fourth-order valence-corrected chi connectivity index (χ4v) is 5.24. The number of halogens is 1. The van der Waals surface area contributed by atoms with E-state index in [2.05, 4.69) is 15.6 Å². The summed E-state index contributed by atoms with van der Waals surface area (Å²) in [6.07, 6.45) is 4.13. The Kier molecular flexibility index (Phi) is 6.51. The average Bonchev–Trinajstić information content (AvgIpc) is 3.35. The number of nitrogens with one attached hydrogen (secondary N) is 3. The van der Waals surface area contributed by atoms with E-state index < -0.39 is 17.5 Å². The molecule has 2 aliphatic heterocycles. The second-order valence-electron chi connectivity index (χ2n) is 9.80. The van der Waals surface area contributed by atoms with Crippen LogP contribution in [-0.4, -0.2) is 43.4 Å². The van der Waals surface area contributed by atoms with Crippen LogP contribution in [0.4, 0.5) is 4.39 Å². The summed E-state index contributed by atoms with van der Waals surface area (Å²) >= 11 is 0. The first-order valence-electron chi connectivity index (χ1n) is 12.9. The number of rotatable bonds is 6. The van der Waals surface area contributed by atoms with Crippen LogP contribution in [0.2, 0.25) is 0 Å². The van der Waals surface area contributed by atoms with Crippen LogP contribution in [0.1, 0.15) is 34.3 Å². The Hall–Kier alpha value is -3.88. The molecule has 0 bridgehead atoms. The number of carbonyl (C=O) groups is 1. The highest BCUT2D eigenvalue weighted by Crippen LogP contribution is 2.38. The molecule has 1 fully saturated rings. The van der Waals surface area contributed by atoms with Crippen molar-refractivity contribution in [3.05, 3.63) is 83.3 Å². The molecule has 3 aromatic carbocycles.